The number of imidazole rings is 1. The lowest BCUT2D eigenvalue weighted by Gasteiger charge is -2.40. The Hall–Kier alpha value is -1.62. The summed E-state index contributed by atoms with van der Waals surface area (Å²) in [6.45, 7) is 9.48. The smallest absolute Gasteiger partial charge is 0.222 e. The molecule has 134 valence electrons. The van der Waals surface area contributed by atoms with E-state index in [2.05, 4.69) is 36.4 Å². The second-order valence-electron chi connectivity index (χ2n) is 7.45. The average Bonchev–Trinajstić information content (AvgIpc) is 2.96. The molecule has 2 heterocycles. The van der Waals surface area contributed by atoms with E-state index in [1.54, 1.807) is 7.11 Å². The van der Waals surface area contributed by atoms with Crippen molar-refractivity contribution in [3.8, 4) is 0 Å². The Labute approximate surface area is 145 Å². The van der Waals surface area contributed by atoms with Crippen LogP contribution in [0.1, 0.15) is 52.1 Å². The predicted octanol–water partition coefficient (Wildman–Crippen LogP) is 3.40. The number of hydrogen-bond donors (Lipinski definition) is 0. The van der Waals surface area contributed by atoms with Gasteiger partial charge in [0.1, 0.15) is 0 Å². The molecule has 5 nitrogen and oxygen atoms in total. The molecule has 1 aromatic rings. The van der Waals surface area contributed by atoms with Gasteiger partial charge in [0.25, 0.3) is 0 Å². The SMILES string of the molecule is COCCn1cncc1CN1C[C@@](C)(CCC=C(C)C)CCC1=O. The third-order valence-corrected chi connectivity index (χ3v) is 4.86. The van der Waals surface area contributed by atoms with Gasteiger partial charge in [0, 0.05) is 32.8 Å². The largest absolute Gasteiger partial charge is 0.383 e. The van der Waals surface area contributed by atoms with Gasteiger partial charge < -0.3 is 14.2 Å². The van der Waals surface area contributed by atoms with E-state index in [-0.39, 0.29) is 11.3 Å². The van der Waals surface area contributed by atoms with Crippen molar-refractivity contribution in [3.63, 3.8) is 0 Å². The Bertz CT molecular complexity index is 575. The summed E-state index contributed by atoms with van der Waals surface area (Å²) in [4.78, 5) is 18.6. The van der Waals surface area contributed by atoms with Gasteiger partial charge in [0.2, 0.25) is 5.91 Å². The zero-order valence-electron chi connectivity index (χ0n) is 15.5. The normalized spacial score (nSPS) is 21.2. The van der Waals surface area contributed by atoms with Gasteiger partial charge in [-0.05, 0) is 38.5 Å². The predicted molar refractivity (Wildman–Crippen MR) is 95.5 cm³/mol. The number of rotatable bonds is 8. The number of likely N-dealkylation sites (tertiary alicyclic amines) is 1. The average molecular weight is 333 g/mol. The number of hydrogen-bond acceptors (Lipinski definition) is 3. The van der Waals surface area contributed by atoms with Crippen molar-refractivity contribution in [1.29, 1.82) is 0 Å². The molecule has 2 rings (SSSR count). The summed E-state index contributed by atoms with van der Waals surface area (Å²) < 4.78 is 7.22. The fourth-order valence-corrected chi connectivity index (χ4v) is 3.32. The van der Waals surface area contributed by atoms with Crippen molar-refractivity contribution >= 4 is 5.91 Å². The highest BCUT2D eigenvalue weighted by Crippen LogP contribution is 2.35. The fourth-order valence-electron chi connectivity index (χ4n) is 3.32. The molecule has 1 fully saturated rings. The standard InChI is InChI=1S/C19H31N3O2/c1-16(2)6-5-8-19(3)9-7-18(23)22(14-19)13-17-12-20-15-21(17)10-11-24-4/h6,12,15H,5,7-11,13-14H2,1-4H3/t19-/m0/s1. The molecule has 0 saturated carbocycles. The van der Waals surface area contributed by atoms with Crippen LogP contribution in [0.2, 0.25) is 0 Å². The number of carbonyl (C=O) groups is 1. The number of ether oxygens (including phenoxy) is 1. The van der Waals surface area contributed by atoms with E-state index < -0.39 is 0 Å². The molecular weight excluding hydrogens is 302 g/mol. The maximum atomic E-state index is 12.4. The summed E-state index contributed by atoms with van der Waals surface area (Å²) >= 11 is 0. The van der Waals surface area contributed by atoms with Crippen molar-refractivity contribution < 1.29 is 9.53 Å². The van der Waals surface area contributed by atoms with Crippen molar-refractivity contribution in [3.05, 3.63) is 29.9 Å². The molecule has 1 saturated heterocycles. The summed E-state index contributed by atoms with van der Waals surface area (Å²) in [5, 5.41) is 0. The van der Waals surface area contributed by atoms with E-state index in [4.69, 9.17) is 4.74 Å². The van der Waals surface area contributed by atoms with Crippen molar-refractivity contribution in [2.45, 2.75) is 59.5 Å². The maximum absolute atomic E-state index is 12.4. The summed E-state index contributed by atoms with van der Waals surface area (Å²) in [5.74, 6) is 0.259. The van der Waals surface area contributed by atoms with Crippen molar-refractivity contribution in [1.82, 2.24) is 14.5 Å². The Kier molecular flexibility index (Phi) is 6.60. The summed E-state index contributed by atoms with van der Waals surface area (Å²) in [5.41, 5.74) is 2.65. The molecule has 5 heteroatoms. The quantitative estimate of drug-likeness (QED) is 0.685. The second-order valence-corrected chi connectivity index (χ2v) is 7.45. The first kappa shape index (κ1) is 18.7. The van der Waals surface area contributed by atoms with Crippen LogP contribution in [-0.4, -0.2) is 40.6 Å². The molecule has 0 radical (unpaired) electrons. The molecule has 0 aromatic carbocycles. The van der Waals surface area contributed by atoms with Crippen LogP contribution in [0.5, 0.6) is 0 Å². The van der Waals surface area contributed by atoms with E-state index in [1.165, 1.54) is 5.57 Å². The van der Waals surface area contributed by atoms with Gasteiger partial charge in [-0.2, -0.15) is 0 Å². The van der Waals surface area contributed by atoms with Gasteiger partial charge >= 0.3 is 0 Å². The first-order valence-electron chi connectivity index (χ1n) is 8.82. The lowest BCUT2D eigenvalue weighted by atomic mass is 9.77. The van der Waals surface area contributed by atoms with Crippen LogP contribution < -0.4 is 0 Å². The van der Waals surface area contributed by atoms with Crippen molar-refractivity contribution in [2.75, 3.05) is 20.3 Å². The van der Waals surface area contributed by atoms with Crippen LogP contribution in [0.25, 0.3) is 0 Å². The molecule has 0 spiro atoms. The first-order valence-corrected chi connectivity index (χ1v) is 8.82. The van der Waals surface area contributed by atoms with Crippen LogP contribution in [0.15, 0.2) is 24.2 Å². The lowest BCUT2D eigenvalue weighted by Crippen LogP contribution is -2.45. The first-order chi connectivity index (χ1) is 11.4. The summed E-state index contributed by atoms with van der Waals surface area (Å²) in [7, 11) is 1.70. The van der Waals surface area contributed by atoms with Gasteiger partial charge in [-0.25, -0.2) is 4.98 Å². The van der Waals surface area contributed by atoms with E-state index in [1.807, 2.05) is 17.4 Å². The molecule has 1 aliphatic rings. The van der Waals surface area contributed by atoms with Gasteiger partial charge in [-0.1, -0.05) is 18.6 Å². The molecular formula is C19H31N3O2. The van der Waals surface area contributed by atoms with Crippen LogP contribution in [-0.2, 0) is 22.6 Å². The number of allylic oxidation sites excluding steroid dienone is 2. The van der Waals surface area contributed by atoms with E-state index in [9.17, 15) is 4.79 Å². The third kappa shape index (κ3) is 5.20. The van der Waals surface area contributed by atoms with Crippen LogP contribution >= 0.6 is 0 Å². The maximum Gasteiger partial charge on any atom is 0.222 e. The van der Waals surface area contributed by atoms with Crippen LogP contribution in [0.3, 0.4) is 0 Å². The molecule has 0 N–H and O–H groups in total. The Morgan fingerprint density at radius 1 is 1.46 bits per heavy atom. The van der Waals surface area contributed by atoms with Gasteiger partial charge in [0.15, 0.2) is 0 Å². The molecule has 1 amide bonds. The molecule has 1 aliphatic heterocycles. The fraction of sp³-hybridized carbons (Fsp3) is 0.684. The van der Waals surface area contributed by atoms with E-state index in [0.717, 1.165) is 38.0 Å². The van der Waals surface area contributed by atoms with Gasteiger partial charge in [-0.3, -0.25) is 4.79 Å². The zero-order chi connectivity index (χ0) is 17.6. The van der Waals surface area contributed by atoms with Crippen LogP contribution in [0.4, 0.5) is 0 Å². The molecule has 24 heavy (non-hydrogen) atoms. The summed E-state index contributed by atoms with van der Waals surface area (Å²) in [6, 6.07) is 0. The van der Waals surface area contributed by atoms with Gasteiger partial charge in [0.05, 0.1) is 25.2 Å². The molecule has 0 unspecified atom stereocenters. The second kappa shape index (κ2) is 8.47. The van der Waals surface area contributed by atoms with E-state index >= 15 is 0 Å². The Morgan fingerprint density at radius 3 is 2.96 bits per heavy atom. The monoisotopic (exact) mass is 333 g/mol. The molecule has 0 aliphatic carbocycles. The number of amides is 1. The third-order valence-electron chi connectivity index (χ3n) is 4.86. The lowest BCUT2D eigenvalue weighted by molar-refractivity contribution is -0.138. The Morgan fingerprint density at radius 2 is 2.25 bits per heavy atom. The summed E-state index contributed by atoms with van der Waals surface area (Å²) in [6.07, 6.45) is 9.83. The minimum atomic E-state index is 0.206. The van der Waals surface area contributed by atoms with Crippen LogP contribution in [0, 0.1) is 5.41 Å². The molecule has 1 atom stereocenters. The van der Waals surface area contributed by atoms with Crippen molar-refractivity contribution in [2.24, 2.45) is 5.41 Å². The zero-order valence-corrected chi connectivity index (χ0v) is 15.5. The highest BCUT2D eigenvalue weighted by atomic mass is 16.5. The number of aromatic nitrogens is 2. The number of carbonyl (C=O) groups excluding carboxylic acids is 1. The Balaban J connectivity index is 1.99. The highest BCUT2D eigenvalue weighted by Gasteiger charge is 2.34. The molecule has 0 bridgehead atoms. The van der Waals surface area contributed by atoms with E-state index in [0.29, 0.717) is 19.6 Å². The molecule has 1 aromatic heterocycles. The minimum absolute atomic E-state index is 0.206. The topological polar surface area (TPSA) is 47.4 Å². The number of nitrogens with zero attached hydrogens (tertiary/aromatic N) is 3. The highest BCUT2D eigenvalue weighted by molar-refractivity contribution is 5.77. The number of methoxy groups -OCH3 is 1. The minimum Gasteiger partial charge on any atom is -0.383 e. The number of piperidine rings is 1. The van der Waals surface area contributed by atoms with Gasteiger partial charge in [-0.15, -0.1) is 0 Å².